The summed E-state index contributed by atoms with van der Waals surface area (Å²) in [5, 5.41) is 3.15. The van der Waals surface area contributed by atoms with Crippen molar-refractivity contribution < 1.29 is 9.18 Å². The van der Waals surface area contributed by atoms with E-state index in [1.807, 2.05) is 6.07 Å². The van der Waals surface area contributed by atoms with Crippen LogP contribution in [0.3, 0.4) is 0 Å². The third-order valence-electron chi connectivity index (χ3n) is 6.01. The van der Waals surface area contributed by atoms with Crippen molar-refractivity contribution in [3.8, 4) is 11.3 Å². The maximum absolute atomic E-state index is 13.4. The summed E-state index contributed by atoms with van der Waals surface area (Å²) in [4.78, 5) is 19.5. The van der Waals surface area contributed by atoms with Gasteiger partial charge in [0.05, 0.1) is 11.3 Å². The maximum Gasteiger partial charge on any atom is 0.253 e. The van der Waals surface area contributed by atoms with Crippen molar-refractivity contribution in [1.82, 2.24) is 15.2 Å². The highest BCUT2D eigenvalue weighted by Gasteiger charge is 2.29. The van der Waals surface area contributed by atoms with Crippen LogP contribution in [-0.2, 0) is 0 Å². The Morgan fingerprint density at radius 3 is 2.64 bits per heavy atom. The number of pyridine rings is 1. The van der Waals surface area contributed by atoms with Gasteiger partial charge in [0, 0.05) is 36.9 Å². The molecule has 1 aromatic heterocycles. The molecule has 0 bridgehead atoms. The molecular formula is C23H28FN3O. The number of hydrogen-bond acceptors (Lipinski definition) is 3. The first-order valence-electron chi connectivity index (χ1n) is 10.4. The van der Waals surface area contributed by atoms with Gasteiger partial charge in [-0.2, -0.15) is 0 Å². The molecule has 5 heteroatoms. The lowest BCUT2D eigenvalue weighted by molar-refractivity contribution is 0.0891. The van der Waals surface area contributed by atoms with Gasteiger partial charge in [0.2, 0.25) is 0 Å². The normalized spacial score (nSPS) is 19.4. The Hall–Kier alpha value is -2.27. The molecule has 1 amide bonds. The molecule has 2 aliphatic rings. The zero-order valence-corrected chi connectivity index (χ0v) is 16.4. The Morgan fingerprint density at radius 2 is 2.00 bits per heavy atom. The zero-order valence-electron chi connectivity index (χ0n) is 16.4. The molecule has 28 heavy (non-hydrogen) atoms. The number of rotatable bonds is 6. The maximum atomic E-state index is 13.4. The van der Waals surface area contributed by atoms with Crippen molar-refractivity contribution in [2.24, 2.45) is 5.92 Å². The molecule has 1 saturated heterocycles. The summed E-state index contributed by atoms with van der Waals surface area (Å²) in [5.74, 6) is 0.581. The van der Waals surface area contributed by atoms with Crippen LogP contribution in [-0.4, -0.2) is 41.0 Å². The minimum absolute atomic E-state index is 0.0808. The quantitative estimate of drug-likeness (QED) is 0.813. The van der Waals surface area contributed by atoms with E-state index in [1.165, 1.54) is 31.4 Å². The van der Waals surface area contributed by atoms with Gasteiger partial charge in [0.25, 0.3) is 5.91 Å². The number of carbonyl (C=O) groups is 1. The molecule has 1 aliphatic carbocycles. The van der Waals surface area contributed by atoms with Crippen molar-refractivity contribution in [2.75, 3.05) is 13.1 Å². The van der Waals surface area contributed by atoms with Gasteiger partial charge in [-0.25, -0.2) is 4.39 Å². The second-order valence-corrected chi connectivity index (χ2v) is 8.25. The number of piperidine rings is 1. The average Bonchev–Trinajstić information content (AvgIpc) is 3.52. The second kappa shape index (κ2) is 8.39. The van der Waals surface area contributed by atoms with Gasteiger partial charge in [-0.15, -0.1) is 0 Å². The van der Waals surface area contributed by atoms with Crippen molar-refractivity contribution >= 4 is 5.91 Å². The standard InChI is InChI=1S/C23H28FN3O/c1-16(13-17-5-6-17)27-11-9-21(10-12-27)26-23(28)19-7-8-22(25-15-19)18-3-2-4-20(24)14-18/h2-4,7-8,14-17,21H,5-6,9-13H2,1H3,(H,26,28). The molecule has 1 aliphatic heterocycles. The molecule has 0 spiro atoms. The van der Waals surface area contributed by atoms with E-state index in [2.05, 4.69) is 22.1 Å². The summed E-state index contributed by atoms with van der Waals surface area (Å²) in [6.07, 6.45) is 7.69. The van der Waals surface area contributed by atoms with E-state index in [9.17, 15) is 9.18 Å². The fourth-order valence-electron chi connectivity index (χ4n) is 4.09. The second-order valence-electron chi connectivity index (χ2n) is 8.25. The lowest BCUT2D eigenvalue weighted by Crippen LogP contribution is -2.47. The summed E-state index contributed by atoms with van der Waals surface area (Å²) < 4.78 is 13.4. The minimum atomic E-state index is -0.293. The molecule has 4 nitrogen and oxygen atoms in total. The highest BCUT2D eigenvalue weighted by atomic mass is 19.1. The van der Waals surface area contributed by atoms with Crippen LogP contribution < -0.4 is 5.32 Å². The van der Waals surface area contributed by atoms with Crippen LogP contribution in [0.25, 0.3) is 11.3 Å². The van der Waals surface area contributed by atoms with Crippen molar-refractivity contribution in [2.45, 2.75) is 51.1 Å². The number of nitrogens with one attached hydrogen (secondary N) is 1. The lowest BCUT2D eigenvalue weighted by Gasteiger charge is -2.36. The molecule has 4 rings (SSSR count). The third kappa shape index (κ3) is 4.76. The Morgan fingerprint density at radius 1 is 1.21 bits per heavy atom. The summed E-state index contributed by atoms with van der Waals surface area (Å²) in [6, 6.07) is 10.7. The highest BCUT2D eigenvalue weighted by Crippen LogP contribution is 2.35. The topological polar surface area (TPSA) is 45.2 Å². The van der Waals surface area contributed by atoms with E-state index in [-0.39, 0.29) is 17.8 Å². The van der Waals surface area contributed by atoms with Crippen LogP contribution in [0.2, 0.25) is 0 Å². The number of nitrogens with zero attached hydrogens (tertiary/aromatic N) is 2. The molecule has 0 radical (unpaired) electrons. The van der Waals surface area contributed by atoms with Gasteiger partial charge in [-0.3, -0.25) is 9.78 Å². The molecule has 1 N–H and O–H groups in total. The van der Waals surface area contributed by atoms with Crippen LogP contribution in [0.5, 0.6) is 0 Å². The molecule has 148 valence electrons. The van der Waals surface area contributed by atoms with Crippen LogP contribution >= 0.6 is 0 Å². The van der Waals surface area contributed by atoms with Gasteiger partial charge >= 0.3 is 0 Å². The number of likely N-dealkylation sites (tertiary alicyclic amines) is 1. The summed E-state index contributed by atoms with van der Waals surface area (Å²) in [7, 11) is 0. The molecule has 1 unspecified atom stereocenters. The molecule has 1 saturated carbocycles. The number of carbonyl (C=O) groups excluding carboxylic acids is 1. The molecule has 2 fully saturated rings. The smallest absolute Gasteiger partial charge is 0.253 e. The van der Waals surface area contributed by atoms with Crippen molar-refractivity contribution in [3.05, 3.63) is 54.0 Å². The zero-order chi connectivity index (χ0) is 19.5. The van der Waals surface area contributed by atoms with E-state index in [0.717, 1.165) is 31.8 Å². The number of aromatic nitrogens is 1. The number of amides is 1. The molecule has 2 aromatic rings. The predicted octanol–water partition coefficient (Wildman–Crippen LogP) is 4.27. The fourth-order valence-corrected chi connectivity index (χ4v) is 4.09. The van der Waals surface area contributed by atoms with Gasteiger partial charge in [0.1, 0.15) is 5.82 Å². The Bertz CT molecular complexity index is 811. The summed E-state index contributed by atoms with van der Waals surface area (Å²) >= 11 is 0. The van der Waals surface area contributed by atoms with Crippen LogP contribution in [0, 0.1) is 11.7 Å². The Balaban J connectivity index is 1.29. The summed E-state index contributed by atoms with van der Waals surface area (Å²) in [5.41, 5.74) is 1.92. The fraction of sp³-hybridized carbons (Fsp3) is 0.478. The first-order valence-corrected chi connectivity index (χ1v) is 10.4. The third-order valence-corrected chi connectivity index (χ3v) is 6.01. The van der Waals surface area contributed by atoms with E-state index in [4.69, 9.17) is 0 Å². The van der Waals surface area contributed by atoms with Crippen molar-refractivity contribution in [3.63, 3.8) is 0 Å². The number of halogens is 1. The van der Waals surface area contributed by atoms with Gasteiger partial charge in [-0.1, -0.05) is 25.0 Å². The van der Waals surface area contributed by atoms with Gasteiger partial charge in [0.15, 0.2) is 0 Å². The molecule has 1 atom stereocenters. The minimum Gasteiger partial charge on any atom is -0.349 e. The number of hydrogen-bond donors (Lipinski definition) is 1. The van der Waals surface area contributed by atoms with Crippen LogP contribution in [0.15, 0.2) is 42.6 Å². The molecule has 1 aromatic carbocycles. The largest absolute Gasteiger partial charge is 0.349 e. The van der Waals surface area contributed by atoms with Crippen molar-refractivity contribution in [1.29, 1.82) is 0 Å². The SMILES string of the molecule is CC(CC1CC1)N1CCC(NC(=O)c2ccc(-c3cccc(F)c3)nc2)CC1. The number of benzene rings is 1. The average molecular weight is 381 g/mol. The van der Waals surface area contributed by atoms with E-state index in [0.29, 0.717) is 22.9 Å². The van der Waals surface area contributed by atoms with Crippen LogP contribution in [0.4, 0.5) is 4.39 Å². The van der Waals surface area contributed by atoms with E-state index >= 15 is 0 Å². The van der Waals surface area contributed by atoms with Gasteiger partial charge < -0.3 is 10.2 Å². The highest BCUT2D eigenvalue weighted by molar-refractivity contribution is 5.94. The van der Waals surface area contributed by atoms with Gasteiger partial charge in [-0.05, 0) is 56.4 Å². The van der Waals surface area contributed by atoms with E-state index in [1.54, 1.807) is 24.4 Å². The molecular weight excluding hydrogens is 353 g/mol. The summed E-state index contributed by atoms with van der Waals surface area (Å²) in [6.45, 7) is 4.44. The Labute approximate surface area is 166 Å². The monoisotopic (exact) mass is 381 g/mol. The lowest BCUT2D eigenvalue weighted by atomic mass is 10.0. The predicted molar refractivity (Wildman–Crippen MR) is 108 cm³/mol. The first-order chi connectivity index (χ1) is 13.6. The molecule has 2 heterocycles. The van der Waals surface area contributed by atoms with Crippen LogP contribution in [0.1, 0.15) is 49.4 Å². The van der Waals surface area contributed by atoms with E-state index < -0.39 is 0 Å². The Kier molecular flexibility index (Phi) is 5.72. The first kappa shape index (κ1) is 19.1.